The van der Waals surface area contributed by atoms with Crippen LogP contribution in [-0.4, -0.2) is 52.0 Å². The highest BCUT2D eigenvalue weighted by Gasteiger charge is 2.21. The van der Waals surface area contributed by atoms with Gasteiger partial charge in [0.2, 0.25) is 5.91 Å². The van der Waals surface area contributed by atoms with Crippen LogP contribution in [-0.2, 0) is 18.4 Å². The Kier molecular flexibility index (Phi) is 7.74. The number of para-hydroxylation sites is 1. The zero-order chi connectivity index (χ0) is 27.5. The molecule has 0 spiro atoms. The Morgan fingerprint density at radius 1 is 1.03 bits per heavy atom. The molecule has 39 heavy (non-hydrogen) atoms. The highest BCUT2D eigenvalue weighted by atomic mass is 32.1. The maximum absolute atomic E-state index is 13.6. The summed E-state index contributed by atoms with van der Waals surface area (Å²) < 4.78 is 16.8. The summed E-state index contributed by atoms with van der Waals surface area (Å²) >= 11 is 1.47. The standard InChI is InChI=1S/C29H33N5O4S/c1-20-27(28(36)34(31(20)2)21-10-6-5-7-11-21)30-29-33(17-9-16-32-15-8-12-26(32)35)24(19-39-29)23-18-22(37-3)13-14-25(23)38-4/h5-7,10-11,13-14,18-19H,8-9,12,15-17H2,1-4H3. The summed E-state index contributed by atoms with van der Waals surface area (Å²) in [7, 11) is 5.15. The Labute approximate surface area is 231 Å². The van der Waals surface area contributed by atoms with E-state index >= 15 is 0 Å². The van der Waals surface area contributed by atoms with E-state index in [0.717, 1.165) is 42.0 Å². The normalized spacial score (nSPS) is 13.9. The largest absolute Gasteiger partial charge is 0.497 e. The Morgan fingerprint density at radius 2 is 1.82 bits per heavy atom. The van der Waals surface area contributed by atoms with Crippen LogP contribution in [0.25, 0.3) is 16.9 Å². The van der Waals surface area contributed by atoms with Crippen molar-refractivity contribution in [2.45, 2.75) is 32.7 Å². The van der Waals surface area contributed by atoms with Crippen molar-refractivity contribution in [3.05, 3.63) is 74.8 Å². The van der Waals surface area contributed by atoms with Crippen molar-refractivity contribution in [1.82, 2.24) is 18.8 Å². The van der Waals surface area contributed by atoms with E-state index in [2.05, 4.69) is 4.57 Å². The van der Waals surface area contributed by atoms with E-state index in [1.54, 1.807) is 18.9 Å². The van der Waals surface area contributed by atoms with Crippen molar-refractivity contribution in [2.24, 2.45) is 12.0 Å². The van der Waals surface area contributed by atoms with Crippen molar-refractivity contribution in [2.75, 3.05) is 27.3 Å². The molecule has 0 saturated carbocycles. The zero-order valence-corrected chi connectivity index (χ0v) is 23.5. The van der Waals surface area contributed by atoms with E-state index in [4.69, 9.17) is 14.5 Å². The van der Waals surface area contributed by atoms with Gasteiger partial charge in [-0.3, -0.25) is 14.3 Å². The summed E-state index contributed by atoms with van der Waals surface area (Å²) in [5, 5.41) is 2.03. The molecule has 1 amide bonds. The van der Waals surface area contributed by atoms with E-state index < -0.39 is 0 Å². The number of rotatable bonds is 9. The summed E-state index contributed by atoms with van der Waals surface area (Å²) in [6, 6.07) is 15.2. The lowest BCUT2D eigenvalue weighted by Crippen LogP contribution is -2.27. The summed E-state index contributed by atoms with van der Waals surface area (Å²) in [6.07, 6.45) is 2.30. The van der Waals surface area contributed by atoms with E-state index in [1.807, 2.05) is 77.5 Å². The number of amides is 1. The number of aromatic nitrogens is 3. The summed E-state index contributed by atoms with van der Waals surface area (Å²) in [5.74, 6) is 1.64. The molecule has 9 nitrogen and oxygen atoms in total. The minimum Gasteiger partial charge on any atom is -0.497 e. The fourth-order valence-corrected chi connectivity index (χ4v) is 5.94. The predicted molar refractivity (Wildman–Crippen MR) is 152 cm³/mol. The number of thiazole rings is 1. The van der Waals surface area contributed by atoms with Gasteiger partial charge in [0.15, 0.2) is 10.5 Å². The van der Waals surface area contributed by atoms with Crippen molar-refractivity contribution >= 4 is 22.9 Å². The minimum atomic E-state index is -0.177. The number of carbonyl (C=O) groups is 1. The Balaban J connectivity index is 1.62. The molecule has 4 aromatic rings. The van der Waals surface area contributed by atoms with E-state index in [1.165, 1.54) is 11.3 Å². The van der Waals surface area contributed by atoms with Gasteiger partial charge < -0.3 is 18.9 Å². The van der Waals surface area contributed by atoms with Crippen LogP contribution >= 0.6 is 11.3 Å². The maximum Gasteiger partial charge on any atom is 0.297 e. The van der Waals surface area contributed by atoms with Crippen molar-refractivity contribution in [3.63, 3.8) is 0 Å². The summed E-state index contributed by atoms with van der Waals surface area (Å²) in [4.78, 5) is 33.3. The van der Waals surface area contributed by atoms with E-state index in [0.29, 0.717) is 41.5 Å². The molecule has 204 valence electrons. The second-order valence-electron chi connectivity index (χ2n) is 9.48. The lowest BCUT2D eigenvalue weighted by molar-refractivity contribution is -0.127. The first-order chi connectivity index (χ1) is 18.9. The van der Waals surface area contributed by atoms with Gasteiger partial charge in [-0.15, -0.1) is 11.3 Å². The maximum atomic E-state index is 13.6. The van der Waals surface area contributed by atoms with Gasteiger partial charge in [-0.05, 0) is 50.1 Å². The van der Waals surface area contributed by atoms with Gasteiger partial charge >= 0.3 is 0 Å². The number of hydrogen-bond acceptors (Lipinski definition) is 6. The molecule has 1 aliphatic heterocycles. The van der Waals surface area contributed by atoms with Crippen molar-refractivity contribution in [1.29, 1.82) is 0 Å². The fraction of sp³-hybridized carbons (Fsp3) is 0.345. The molecule has 2 aromatic carbocycles. The highest BCUT2D eigenvalue weighted by Crippen LogP contribution is 2.34. The average Bonchev–Trinajstić information content (AvgIpc) is 3.61. The van der Waals surface area contributed by atoms with Crippen LogP contribution in [0.4, 0.5) is 5.69 Å². The third-order valence-electron chi connectivity index (χ3n) is 7.19. The molecule has 2 aromatic heterocycles. The van der Waals surface area contributed by atoms with Crippen LogP contribution < -0.4 is 19.8 Å². The molecular weight excluding hydrogens is 514 g/mol. The smallest absolute Gasteiger partial charge is 0.297 e. The van der Waals surface area contributed by atoms with Crippen LogP contribution in [0.15, 0.2) is 63.7 Å². The Bertz CT molecular complexity index is 1610. The van der Waals surface area contributed by atoms with Crippen LogP contribution in [0.5, 0.6) is 11.5 Å². The number of carbonyl (C=O) groups excluding carboxylic acids is 1. The molecule has 5 rings (SSSR count). The zero-order valence-electron chi connectivity index (χ0n) is 22.7. The van der Waals surface area contributed by atoms with Crippen molar-refractivity contribution < 1.29 is 14.3 Å². The van der Waals surface area contributed by atoms with Gasteiger partial charge in [0, 0.05) is 44.0 Å². The van der Waals surface area contributed by atoms with Gasteiger partial charge in [-0.1, -0.05) is 18.2 Å². The lowest BCUT2D eigenvalue weighted by Gasteiger charge is -2.17. The number of ether oxygens (including phenoxy) is 2. The monoisotopic (exact) mass is 547 g/mol. The predicted octanol–water partition coefficient (Wildman–Crippen LogP) is 4.28. The van der Waals surface area contributed by atoms with E-state index in [9.17, 15) is 9.59 Å². The second kappa shape index (κ2) is 11.4. The number of nitrogens with zero attached hydrogens (tertiary/aromatic N) is 5. The SMILES string of the molecule is COc1ccc(OC)c(-c2csc(=Nc3c(C)n(C)n(-c4ccccc4)c3=O)n2CCCN2CCCC2=O)c1. The number of likely N-dealkylation sites (tertiary alicyclic amines) is 1. The van der Waals surface area contributed by atoms with Crippen molar-refractivity contribution in [3.8, 4) is 28.4 Å². The number of benzene rings is 2. The molecule has 0 unspecified atom stereocenters. The molecule has 0 N–H and O–H groups in total. The summed E-state index contributed by atoms with van der Waals surface area (Å²) in [6.45, 7) is 4.02. The molecule has 1 saturated heterocycles. The molecule has 3 heterocycles. The highest BCUT2D eigenvalue weighted by molar-refractivity contribution is 7.07. The lowest BCUT2D eigenvalue weighted by atomic mass is 10.1. The second-order valence-corrected chi connectivity index (χ2v) is 10.3. The Hall–Kier alpha value is -4.05. The average molecular weight is 548 g/mol. The molecule has 1 fully saturated rings. The fourth-order valence-electron chi connectivity index (χ4n) is 5.00. The van der Waals surface area contributed by atoms with Crippen LogP contribution in [0.3, 0.4) is 0 Å². The van der Waals surface area contributed by atoms with Gasteiger partial charge in [-0.25, -0.2) is 9.67 Å². The first kappa shape index (κ1) is 26.6. The number of methoxy groups -OCH3 is 2. The third kappa shape index (κ3) is 5.16. The van der Waals surface area contributed by atoms with Crippen LogP contribution in [0, 0.1) is 6.92 Å². The topological polar surface area (TPSA) is 83.0 Å². The van der Waals surface area contributed by atoms with Gasteiger partial charge in [0.1, 0.15) is 11.5 Å². The van der Waals surface area contributed by atoms with Crippen LogP contribution in [0.1, 0.15) is 25.0 Å². The molecular formula is C29H33N5O4S. The first-order valence-corrected chi connectivity index (χ1v) is 13.9. The molecule has 0 bridgehead atoms. The molecule has 0 aliphatic carbocycles. The molecule has 0 atom stereocenters. The summed E-state index contributed by atoms with van der Waals surface area (Å²) in [5.41, 5.74) is 3.57. The number of hydrogen-bond donors (Lipinski definition) is 0. The van der Waals surface area contributed by atoms with E-state index in [-0.39, 0.29) is 11.5 Å². The third-order valence-corrected chi connectivity index (χ3v) is 8.06. The Morgan fingerprint density at radius 3 is 2.51 bits per heavy atom. The molecule has 0 radical (unpaired) electrons. The van der Waals surface area contributed by atoms with Gasteiger partial charge in [0.05, 0.1) is 31.3 Å². The first-order valence-electron chi connectivity index (χ1n) is 13.0. The molecule has 10 heteroatoms. The van der Waals surface area contributed by atoms with Crippen LogP contribution in [0.2, 0.25) is 0 Å². The van der Waals surface area contributed by atoms with Gasteiger partial charge in [0.25, 0.3) is 5.56 Å². The quantitative estimate of drug-likeness (QED) is 0.313. The minimum absolute atomic E-state index is 0.177. The molecule has 1 aliphatic rings. The van der Waals surface area contributed by atoms with Gasteiger partial charge in [-0.2, -0.15) is 0 Å².